The van der Waals surface area contributed by atoms with E-state index in [9.17, 15) is 9.59 Å². The van der Waals surface area contributed by atoms with Crippen LogP contribution in [0.5, 0.6) is 0 Å². The van der Waals surface area contributed by atoms with E-state index in [0.717, 1.165) is 30.5 Å². The fourth-order valence-electron chi connectivity index (χ4n) is 3.80. The van der Waals surface area contributed by atoms with Gasteiger partial charge in [-0.15, -0.1) is 0 Å². The van der Waals surface area contributed by atoms with Gasteiger partial charge in [-0.05, 0) is 68.8 Å². The Bertz CT molecular complexity index is 945. The number of halogens is 1. The molecular formula is C23H29ClN4O2. The lowest BCUT2D eigenvalue weighted by Crippen LogP contribution is -2.40. The lowest BCUT2D eigenvalue weighted by Gasteiger charge is -2.30. The van der Waals surface area contributed by atoms with Crippen LogP contribution in [0.4, 0.5) is 11.4 Å². The molecule has 2 N–H and O–H groups in total. The molecule has 2 amide bonds. The molecule has 30 heavy (non-hydrogen) atoms. The minimum absolute atomic E-state index is 0.0350. The molecule has 1 unspecified atom stereocenters. The number of nitrogens with one attached hydrogen (secondary N) is 2. The molecule has 3 rings (SSSR count). The molecule has 1 aliphatic rings. The van der Waals surface area contributed by atoms with E-state index in [1.807, 2.05) is 19.0 Å². The van der Waals surface area contributed by atoms with Crippen LogP contribution in [0.2, 0.25) is 5.02 Å². The molecular weight excluding hydrogens is 400 g/mol. The van der Waals surface area contributed by atoms with Crippen molar-refractivity contribution in [3.63, 3.8) is 0 Å². The molecule has 0 aliphatic carbocycles. The van der Waals surface area contributed by atoms with E-state index < -0.39 is 11.8 Å². The van der Waals surface area contributed by atoms with Crippen molar-refractivity contribution in [1.29, 1.82) is 0 Å². The van der Waals surface area contributed by atoms with Gasteiger partial charge in [0.05, 0.1) is 6.04 Å². The SMILES string of the molecule is Cc1c(Cl)cccc1NC(=O)C(=O)NCC(c1ccc2c(c1)CCCN2C)N(C)C. The van der Waals surface area contributed by atoms with E-state index in [2.05, 4.69) is 40.8 Å². The van der Waals surface area contributed by atoms with Crippen molar-refractivity contribution in [3.8, 4) is 0 Å². The molecule has 2 aromatic carbocycles. The summed E-state index contributed by atoms with van der Waals surface area (Å²) in [6, 6.07) is 11.6. The van der Waals surface area contributed by atoms with E-state index in [0.29, 0.717) is 17.3 Å². The van der Waals surface area contributed by atoms with Gasteiger partial charge in [0.15, 0.2) is 0 Å². The molecule has 0 saturated carbocycles. The maximum atomic E-state index is 12.4. The molecule has 0 fully saturated rings. The zero-order chi connectivity index (χ0) is 21.8. The first-order valence-electron chi connectivity index (χ1n) is 10.1. The van der Waals surface area contributed by atoms with Crippen molar-refractivity contribution in [2.24, 2.45) is 0 Å². The molecule has 160 valence electrons. The standard InChI is InChI=1S/C23H29ClN4O2/c1-15-18(24)8-5-9-19(15)26-23(30)22(29)25-14-21(27(2)3)17-10-11-20-16(13-17)7-6-12-28(20)4/h5,8-11,13,21H,6-7,12,14H2,1-4H3,(H,25,29)(H,26,30). The summed E-state index contributed by atoms with van der Waals surface area (Å²) in [5.41, 5.74) is 4.98. The minimum atomic E-state index is -0.704. The van der Waals surface area contributed by atoms with Crippen molar-refractivity contribution >= 4 is 34.8 Å². The number of benzene rings is 2. The van der Waals surface area contributed by atoms with E-state index in [-0.39, 0.29) is 6.04 Å². The summed E-state index contributed by atoms with van der Waals surface area (Å²) in [6.45, 7) is 3.20. The van der Waals surface area contributed by atoms with E-state index in [1.165, 1.54) is 11.3 Å². The Labute approximate surface area is 183 Å². The van der Waals surface area contributed by atoms with E-state index in [1.54, 1.807) is 25.1 Å². The van der Waals surface area contributed by atoms with Gasteiger partial charge in [0.1, 0.15) is 0 Å². The third-order valence-corrected chi connectivity index (χ3v) is 6.05. The fourth-order valence-corrected chi connectivity index (χ4v) is 3.98. The highest BCUT2D eigenvalue weighted by Crippen LogP contribution is 2.30. The molecule has 1 atom stereocenters. The summed E-state index contributed by atoms with van der Waals surface area (Å²) in [7, 11) is 6.05. The number of amides is 2. The van der Waals surface area contributed by atoms with Gasteiger partial charge >= 0.3 is 11.8 Å². The van der Waals surface area contributed by atoms with Gasteiger partial charge in [0, 0.05) is 36.5 Å². The average molecular weight is 429 g/mol. The van der Waals surface area contributed by atoms with Crippen LogP contribution in [0.1, 0.15) is 29.2 Å². The highest BCUT2D eigenvalue weighted by atomic mass is 35.5. The zero-order valence-electron chi connectivity index (χ0n) is 18.0. The second kappa shape index (κ2) is 9.49. The fraction of sp³-hybridized carbons (Fsp3) is 0.391. The third-order valence-electron chi connectivity index (χ3n) is 5.64. The monoisotopic (exact) mass is 428 g/mol. The Kier molecular flexibility index (Phi) is 7.00. The second-order valence-electron chi connectivity index (χ2n) is 7.97. The van der Waals surface area contributed by atoms with Crippen LogP contribution in [0.25, 0.3) is 0 Å². The zero-order valence-corrected chi connectivity index (χ0v) is 18.7. The number of carbonyl (C=O) groups excluding carboxylic acids is 2. The number of anilines is 2. The summed E-state index contributed by atoms with van der Waals surface area (Å²) in [5, 5.41) is 5.94. The van der Waals surface area contributed by atoms with Crippen molar-refractivity contribution in [1.82, 2.24) is 10.2 Å². The summed E-state index contributed by atoms with van der Waals surface area (Å²) in [5.74, 6) is -1.37. The lowest BCUT2D eigenvalue weighted by atomic mass is 9.96. The average Bonchev–Trinajstić information content (AvgIpc) is 2.71. The molecule has 0 bridgehead atoms. The van der Waals surface area contributed by atoms with Gasteiger partial charge in [-0.2, -0.15) is 0 Å². The number of hydrogen-bond acceptors (Lipinski definition) is 4. The normalized spacial score (nSPS) is 14.3. The predicted octanol–water partition coefficient (Wildman–Crippen LogP) is 3.39. The van der Waals surface area contributed by atoms with Crippen LogP contribution in [-0.4, -0.2) is 50.9 Å². The van der Waals surface area contributed by atoms with Crippen molar-refractivity contribution < 1.29 is 9.59 Å². The minimum Gasteiger partial charge on any atom is -0.374 e. The lowest BCUT2D eigenvalue weighted by molar-refractivity contribution is -0.136. The number of fused-ring (bicyclic) bond motifs is 1. The first-order valence-corrected chi connectivity index (χ1v) is 10.5. The molecule has 1 heterocycles. The smallest absolute Gasteiger partial charge is 0.313 e. The van der Waals surface area contributed by atoms with E-state index >= 15 is 0 Å². The van der Waals surface area contributed by atoms with Gasteiger partial charge in [-0.3, -0.25) is 9.59 Å². The van der Waals surface area contributed by atoms with Crippen LogP contribution < -0.4 is 15.5 Å². The van der Waals surface area contributed by atoms with Crippen LogP contribution in [-0.2, 0) is 16.0 Å². The van der Waals surface area contributed by atoms with Crippen molar-refractivity contribution in [2.45, 2.75) is 25.8 Å². The highest BCUT2D eigenvalue weighted by Gasteiger charge is 2.21. The van der Waals surface area contributed by atoms with Gasteiger partial charge in [-0.1, -0.05) is 29.8 Å². The Balaban J connectivity index is 1.66. The van der Waals surface area contributed by atoms with Crippen LogP contribution >= 0.6 is 11.6 Å². The first kappa shape index (κ1) is 22.1. The molecule has 0 spiro atoms. The largest absolute Gasteiger partial charge is 0.374 e. The predicted molar refractivity (Wildman–Crippen MR) is 122 cm³/mol. The molecule has 7 heteroatoms. The topological polar surface area (TPSA) is 64.7 Å². The van der Waals surface area contributed by atoms with Crippen LogP contribution in [0.3, 0.4) is 0 Å². The van der Waals surface area contributed by atoms with Crippen LogP contribution in [0, 0.1) is 6.92 Å². The Morgan fingerprint density at radius 3 is 2.70 bits per heavy atom. The number of aryl methyl sites for hydroxylation is 1. The molecule has 1 aliphatic heterocycles. The number of likely N-dealkylation sites (N-methyl/N-ethyl adjacent to an activating group) is 1. The number of hydrogen-bond donors (Lipinski definition) is 2. The van der Waals surface area contributed by atoms with Gasteiger partial charge in [0.25, 0.3) is 0 Å². The molecule has 0 saturated heterocycles. The summed E-state index contributed by atoms with van der Waals surface area (Å²) in [4.78, 5) is 29.1. The van der Waals surface area contributed by atoms with Crippen molar-refractivity contribution in [3.05, 3.63) is 58.1 Å². The van der Waals surface area contributed by atoms with Gasteiger partial charge in [-0.25, -0.2) is 0 Å². The third kappa shape index (κ3) is 4.94. The maximum Gasteiger partial charge on any atom is 0.313 e. The summed E-state index contributed by atoms with van der Waals surface area (Å²) in [6.07, 6.45) is 2.20. The van der Waals surface area contributed by atoms with Crippen molar-refractivity contribution in [2.75, 3.05) is 44.4 Å². The number of nitrogens with zero attached hydrogens (tertiary/aromatic N) is 2. The van der Waals surface area contributed by atoms with Gasteiger partial charge < -0.3 is 20.4 Å². The number of rotatable bonds is 5. The molecule has 2 aromatic rings. The quantitative estimate of drug-likeness (QED) is 0.716. The van der Waals surface area contributed by atoms with E-state index in [4.69, 9.17) is 11.6 Å². The molecule has 6 nitrogen and oxygen atoms in total. The second-order valence-corrected chi connectivity index (χ2v) is 8.38. The first-order chi connectivity index (χ1) is 14.3. The molecule has 0 radical (unpaired) electrons. The maximum absolute atomic E-state index is 12.4. The highest BCUT2D eigenvalue weighted by molar-refractivity contribution is 6.40. The molecule has 0 aromatic heterocycles. The Hall–Kier alpha value is -2.57. The summed E-state index contributed by atoms with van der Waals surface area (Å²) >= 11 is 6.08. The Morgan fingerprint density at radius 1 is 1.20 bits per heavy atom. The van der Waals surface area contributed by atoms with Gasteiger partial charge in [0.2, 0.25) is 0 Å². The number of carbonyl (C=O) groups is 2. The summed E-state index contributed by atoms with van der Waals surface area (Å²) < 4.78 is 0. The van der Waals surface area contributed by atoms with Crippen LogP contribution in [0.15, 0.2) is 36.4 Å². The Morgan fingerprint density at radius 2 is 1.97 bits per heavy atom.